The molecular weight excluding hydrogens is 328 g/mol. The highest BCUT2D eigenvalue weighted by Gasteiger charge is 2.22. The lowest BCUT2D eigenvalue weighted by Gasteiger charge is -2.33. The third-order valence-corrected chi connectivity index (χ3v) is 5.45. The van der Waals surface area contributed by atoms with E-state index in [9.17, 15) is 0 Å². The molecule has 0 radical (unpaired) electrons. The molecule has 1 N–H and O–H groups in total. The number of anilines is 1. The smallest absolute Gasteiger partial charge is 0.141 e. The molecule has 0 amide bonds. The summed E-state index contributed by atoms with van der Waals surface area (Å²) in [7, 11) is 0. The molecule has 0 bridgehead atoms. The highest BCUT2D eigenvalue weighted by molar-refractivity contribution is 7.16. The van der Waals surface area contributed by atoms with Crippen LogP contribution < -0.4 is 9.80 Å². The quantitative estimate of drug-likeness (QED) is 0.790. The van der Waals surface area contributed by atoms with Gasteiger partial charge in [-0.05, 0) is 23.6 Å². The number of quaternary nitrogens is 1. The first kappa shape index (κ1) is 14.9. The average Bonchev–Trinajstić information content (AvgIpc) is 3.06. The minimum atomic E-state index is 0.803. The van der Waals surface area contributed by atoms with Crippen molar-refractivity contribution in [1.82, 2.24) is 9.97 Å². The van der Waals surface area contributed by atoms with Crippen LogP contribution in [0.15, 0.2) is 42.0 Å². The van der Waals surface area contributed by atoms with Crippen molar-refractivity contribution in [3.63, 3.8) is 0 Å². The van der Waals surface area contributed by atoms with E-state index in [0.717, 1.165) is 48.4 Å². The van der Waals surface area contributed by atoms with Crippen molar-refractivity contribution >= 4 is 39.0 Å². The van der Waals surface area contributed by atoms with Gasteiger partial charge in [-0.3, -0.25) is 0 Å². The molecular formula is C17H18ClN4S+. The van der Waals surface area contributed by atoms with Crippen molar-refractivity contribution in [1.29, 1.82) is 0 Å². The molecule has 1 aliphatic heterocycles. The Bertz CT molecular complexity index is 794. The van der Waals surface area contributed by atoms with Crippen molar-refractivity contribution in [2.45, 2.75) is 6.54 Å². The third kappa shape index (κ3) is 3.17. The van der Waals surface area contributed by atoms with Crippen LogP contribution in [0.5, 0.6) is 0 Å². The molecule has 1 fully saturated rings. The predicted molar refractivity (Wildman–Crippen MR) is 95.5 cm³/mol. The van der Waals surface area contributed by atoms with Crippen molar-refractivity contribution < 1.29 is 4.90 Å². The summed E-state index contributed by atoms with van der Waals surface area (Å²) in [6, 6.07) is 10.3. The molecule has 0 atom stereocenters. The number of hydrogen-bond acceptors (Lipinski definition) is 4. The van der Waals surface area contributed by atoms with Gasteiger partial charge in [0.25, 0.3) is 0 Å². The van der Waals surface area contributed by atoms with E-state index in [0.29, 0.717) is 0 Å². The van der Waals surface area contributed by atoms with Crippen LogP contribution in [-0.4, -0.2) is 36.1 Å². The van der Waals surface area contributed by atoms with Gasteiger partial charge in [0.2, 0.25) is 0 Å². The van der Waals surface area contributed by atoms with E-state index < -0.39 is 0 Å². The average molecular weight is 346 g/mol. The summed E-state index contributed by atoms with van der Waals surface area (Å²) in [6.07, 6.45) is 1.68. The molecule has 0 unspecified atom stereocenters. The van der Waals surface area contributed by atoms with Gasteiger partial charge in [-0.2, -0.15) is 0 Å². The van der Waals surface area contributed by atoms with Crippen LogP contribution in [-0.2, 0) is 6.54 Å². The number of aromatic nitrogens is 2. The van der Waals surface area contributed by atoms with Gasteiger partial charge < -0.3 is 9.80 Å². The van der Waals surface area contributed by atoms with Crippen LogP contribution in [0, 0.1) is 0 Å². The maximum Gasteiger partial charge on any atom is 0.141 e. The van der Waals surface area contributed by atoms with E-state index >= 15 is 0 Å². The molecule has 0 spiro atoms. The molecule has 0 saturated carbocycles. The second kappa shape index (κ2) is 6.43. The fraction of sp³-hybridized carbons (Fsp3) is 0.294. The normalized spacial score (nSPS) is 16.1. The van der Waals surface area contributed by atoms with Crippen molar-refractivity contribution in [2.24, 2.45) is 0 Å². The van der Waals surface area contributed by atoms with E-state index in [1.165, 1.54) is 10.9 Å². The zero-order chi connectivity index (χ0) is 15.6. The number of fused-ring (bicyclic) bond motifs is 1. The summed E-state index contributed by atoms with van der Waals surface area (Å²) in [5.41, 5.74) is 1.35. The van der Waals surface area contributed by atoms with Crippen LogP contribution in [0.3, 0.4) is 0 Å². The zero-order valence-electron chi connectivity index (χ0n) is 12.7. The molecule has 1 aromatic carbocycles. The van der Waals surface area contributed by atoms with Gasteiger partial charge in [0.05, 0.1) is 31.6 Å². The van der Waals surface area contributed by atoms with Gasteiger partial charge in [0, 0.05) is 10.6 Å². The van der Waals surface area contributed by atoms with E-state index in [2.05, 4.69) is 38.4 Å². The lowest BCUT2D eigenvalue weighted by Crippen LogP contribution is -3.13. The molecule has 3 aromatic rings. The number of hydrogen-bond donors (Lipinski definition) is 1. The number of halogens is 1. The highest BCUT2D eigenvalue weighted by Crippen LogP contribution is 2.26. The summed E-state index contributed by atoms with van der Waals surface area (Å²) < 4.78 is 0. The van der Waals surface area contributed by atoms with Gasteiger partial charge in [-0.25, -0.2) is 9.97 Å². The molecule has 6 heteroatoms. The van der Waals surface area contributed by atoms with Gasteiger partial charge >= 0.3 is 0 Å². The highest BCUT2D eigenvalue weighted by atomic mass is 35.5. The molecule has 3 heterocycles. The number of rotatable bonds is 3. The lowest BCUT2D eigenvalue weighted by molar-refractivity contribution is -0.914. The van der Waals surface area contributed by atoms with Crippen LogP contribution in [0.4, 0.5) is 5.82 Å². The summed E-state index contributed by atoms with van der Waals surface area (Å²) in [5.74, 6) is 1.08. The fourth-order valence-electron chi connectivity index (χ4n) is 3.13. The number of nitrogens with one attached hydrogen (secondary N) is 1. The van der Waals surface area contributed by atoms with Gasteiger partial charge in [-0.15, -0.1) is 11.3 Å². The number of nitrogens with zero attached hydrogens (tertiary/aromatic N) is 3. The first-order valence-electron chi connectivity index (χ1n) is 7.81. The molecule has 23 heavy (non-hydrogen) atoms. The van der Waals surface area contributed by atoms with E-state index in [-0.39, 0.29) is 0 Å². The summed E-state index contributed by atoms with van der Waals surface area (Å²) >= 11 is 7.63. The van der Waals surface area contributed by atoms with E-state index in [1.807, 2.05) is 12.1 Å². The van der Waals surface area contributed by atoms with Gasteiger partial charge in [-0.1, -0.05) is 23.7 Å². The Morgan fingerprint density at radius 1 is 1.09 bits per heavy atom. The summed E-state index contributed by atoms with van der Waals surface area (Å²) in [6.45, 7) is 5.37. The molecule has 118 valence electrons. The maximum absolute atomic E-state index is 5.96. The second-order valence-electron chi connectivity index (χ2n) is 5.88. The first-order chi connectivity index (χ1) is 11.3. The monoisotopic (exact) mass is 345 g/mol. The number of thiophene rings is 1. The minimum Gasteiger partial charge on any atom is -0.345 e. The van der Waals surface area contributed by atoms with Crippen molar-refractivity contribution in [3.8, 4) is 0 Å². The van der Waals surface area contributed by atoms with Crippen molar-refractivity contribution in [3.05, 3.63) is 52.6 Å². The molecule has 4 rings (SSSR count). The largest absolute Gasteiger partial charge is 0.345 e. The fourth-order valence-corrected chi connectivity index (χ4v) is 3.98. The SMILES string of the molecule is Clc1ccc(C[NH+]2CCN(c3ncnc4sccc34)CC2)cc1. The Labute approximate surface area is 144 Å². The van der Waals surface area contributed by atoms with E-state index in [4.69, 9.17) is 11.6 Å². The Kier molecular flexibility index (Phi) is 4.16. The third-order valence-electron chi connectivity index (χ3n) is 4.38. The number of benzene rings is 1. The first-order valence-corrected chi connectivity index (χ1v) is 9.06. The number of piperazine rings is 1. The molecule has 1 saturated heterocycles. The Balaban J connectivity index is 1.43. The topological polar surface area (TPSA) is 33.5 Å². The van der Waals surface area contributed by atoms with Crippen LogP contribution >= 0.6 is 22.9 Å². The van der Waals surface area contributed by atoms with Crippen molar-refractivity contribution in [2.75, 3.05) is 31.1 Å². The van der Waals surface area contributed by atoms with Crippen LogP contribution in [0.25, 0.3) is 10.2 Å². The molecule has 2 aromatic heterocycles. The summed E-state index contributed by atoms with van der Waals surface area (Å²) in [4.78, 5) is 13.9. The predicted octanol–water partition coefficient (Wildman–Crippen LogP) is 2.25. The molecule has 1 aliphatic rings. The molecule has 0 aliphatic carbocycles. The second-order valence-corrected chi connectivity index (χ2v) is 7.21. The Morgan fingerprint density at radius 3 is 2.65 bits per heavy atom. The molecule has 4 nitrogen and oxygen atoms in total. The summed E-state index contributed by atoms with van der Waals surface area (Å²) in [5, 5.41) is 4.07. The lowest BCUT2D eigenvalue weighted by atomic mass is 10.2. The maximum atomic E-state index is 5.96. The minimum absolute atomic E-state index is 0.803. The Hall–Kier alpha value is -1.69. The van der Waals surface area contributed by atoms with Crippen LogP contribution in [0.2, 0.25) is 5.02 Å². The van der Waals surface area contributed by atoms with E-state index in [1.54, 1.807) is 22.6 Å². The standard InChI is InChI=1S/C17H17ClN4S/c18-14-3-1-13(2-4-14)11-21-6-8-22(9-7-21)16-15-5-10-23-17(15)20-12-19-16/h1-5,10,12H,6-9,11H2/p+1. The van der Waals surface area contributed by atoms with Gasteiger partial charge in [0.15, 0.2) is 0 Å². The van der Waals surface area contributed by atoms with Gasteiger partial charge in [0.1, 0.15) is 23.5 Å². The Morgan fingerprint density at radius 2 is 1.87 bits per heavy atom. The van der Waals surface area contributed by atoms with Crippen LogP contribution in [0.1, 0.15) is 5.56 Å². The zero-order valence-corrected chi connectivity index (χ0v) is 14.3.